The molecular formula is C15H16ClNO4. The van der Waals surface area contributed by atoms with E-state index < -0.39 is 11.9 Å². The van der Waals surface area contributed by atoms with Crippen molar-refractivity contribution in [2.45, 2.75) is 12.5 Å². The van der Waals surface area contributed by atoms with Crippen LogP contribution in [0.1, 0.15) is 18.1 Å². The van der Waals surface area contributed by atoms with Crippen molar-refractivity contribution < 1.29 is 19.4 Å². The number of ether oxygens (including phenoxy) is 1. The molecule has 3 atom stereocenters. The molecule has 0 aromatic heterocycles. The summed E-state index contributed by atoms with van der Waals surface area (Å²) in [5.41, 5.74) is 0.975. The number of halogens is 1. The number of morpholine rings is 1. The van der Waals surface area contributed by atoms with Gasteiger partial charge in [-0.05, 0) is 24.1 Å². The lowest BCUT2D eigenvalue weighted by atomic mass is 10.1. The van der Waals surface area contributed by atoms with Crippen molar-refractivity contribution in [3.05, 3.63) is 34.9 Å². The quantitative estimate of drug-likeness (QED) is 0.927. The second-order valence-electron chi connectivity index (χ2n) is 5.48. The third kappa shape index (κ3) is 3.04. The van der Waals surface area contributed by atoms with Crippen LogP contribution < -0.4 is 0 Å². The highest BCUT2D eigenvalue weighted by Crippen LogP contribution is 2.40. The summed E-state index contributed by atoms with van der Waals surface area (Å²) >= 11 is 5.86. The largest absolute Gasteiger partial charge is 0.481 e. The van der Waals surface area contributed by atoms with E-state index in [-0.39, 0.29) is 17.9 Å². The Kier molecular flexibility index (Phi) is 3.87. The van der Waals surface area contributed by atoms with Gasteiger partial charge in [-0.2, -0.15) is 0 Å². The Morgan fingerprint density at radius 2 is 1.95 bits per heavy atom. The monoisotopic (exact) mass is 309 g/mol. The van der Waals surface area contributed by atoms with Gasteiger partial charge in [-0.1, -0.05) is 23.7 Å². The van der Waals surface area contributed by atoms with Crippen LogP contribution in [0.5, 0.6) is 0 Å². The molecule has 1 N–H and O–H groups in total. The molecule has 1 saturated heterocycles. The molecule has 112 valence electrons. The Morgan fingerprint density at radius 1 is 1.24 bits per heavy atom. The minimum atomic E-state index is -0.879. The molecule has 1 aromatic rings. The zero-order valence-electron chi connectivity index (χ0n) is 11.4. The Balaban J connectivity index is 1.65. The van der Waals surface area contributed by atoms with Crippen LogP contribution in [0.25, 0.3) is 0 Å². The first-order valence-electron chi connectivity index (χ1n) is 6.95. The molecule has 1 amide bonds. The molecule has 21 heavy (non-hydrogen) atoms. The lowest BCUT2D eigenvalue weighted by Gasteiger charge is -2.33. The van der Waals surface area contributed by atoms with Crippen molar-refractivity contribution in [2.24, 2.45) is 11.8 Å². The minimum Gasteiger partial charge on any atom is -0.481 e. The van der Waals surface area contributed by atoms with Crippen molar-refractivity contribution in [1.82, 2.24) is 4.90 Å². The van der Waals surface area contributed by atoms with Gasteiger partial charge in [0.1, 0.15) is 6.10 Å². The summed E-state index contributed by atoms with van der Waals surface area (Å²) in [7, 11) is 0. The number of hydrogen-bond acceptors (Lipinski definition) is 3. The Labute approximate surface area is 127 Å². The average Bonchev–Trinajstić information content (AvgIpc) is 3.28. The number of carboxylic acids is 1. The number of hydrogen-bond donors (Lipinski definition) is 1. The first-order chi connectivity index (χ1) is 10.1. The summed E-state index contributed by atoms with van der Waals surface area (Å²) in [5, 5.41) is 9.58. The first kappa shape index (κ1) is 14.4. The molecule has 1 aliphatic carbocycles. The van der Waals surface area contributed by atoms with E-state index in [9.17, 15) is 9.59 Å². The third-order valence-electron chi connectivity index (χ3n) is 4.04. The number of nitrogens with zero attached hydrogens (tertiary/aromatic N) is 1. The molecule has 1 heterocycles. The number of aliphatic carboxylic acids is 1. The van der Waals surface area contributed by atoms with Gasteiger partial charge >= 0.3 is 5.97 Å². The number of carbonyl (C=O) groups is 2. The SMILES string of the molecule is O=C(O)[C@@H]1C[C@@H]1C(=O)N1CCO[C@@H](c2ccc(Cl)cc2)C1. The zero-order valence-corrected chi connectivity index (χ0v) is 12.1. The molecule has 0 radical (unpaired) electrons. The zero-order chi connectivity index (χ0) is 15.0. The van der Waals surface area contributed by atoms with E-state index in [0.717, 1.165) is 5.56 Å². The number of carboxylic acid groups (broad SMARTS) is 1. The Morgan fingerprint density at radius 3 is 2.57 bits per heavy atom. The van der Waals surface area contributed by atoms with Crippen LogP contribution >= 0.6 is 11.6 Å². The van der Waals surface area contributed by atoms with E-state index in [1.54, 1.807) is 17.0 Å². The fraction of sp³-hybridized carbons (Fsp3) is 0.467. The molecule has 0 spiro atoms. The van der Waals surface area contributed by atoms with Crippen LogP contribution in [-0.4, -0.2) is 41.6 Å². The fourth-order valence-corrected chi connectivity index (χ4v) is 2.83. The molecular weight excluding hydrogens is 294 g/mol. The van der Waals surface area contributed by atoms with Gasteiger partial charge in [-0.3, -0.25) is 9.59 Å². The van der Waals surface area contributed by atoms with Crippen LogP contribution in [-0.2, 0) is 14.3 Å². The standard InChI is InChI=1S/C15H16ClNO4/c16-10-3-1-9(2-4-10)13-8-17(5-6-21-13)14(18)11-7-12(11)15(19)20/h1-4,11-13H,5-8H2,(H,19,20)/t11-,12+,13+/m0/s1. The number of amides is 1. The predicted molar refractivity (Wildman–Crippen MR) is 76.0 cm³/mol. The van der Waals surface area contributed by atoms with Gasteiger partial charge in [-0.15, -0.1) is 0 Å². The topological polar surface area (TPSA) is 66.8 Å². The van der Waals surface area contributed by atoms with Gasteiger partial charge in [-0.25, -0.2) is 0 Å². The van der Waals surface area contributed by atoms with Gasteiger partial charge in [0.2, 0.25) is 5.91 Å². The molecule has 0 unspecified atom stereocenters. The summed E-state index contributed by atoms with van der Waals surface area (Å²) in [5.74, 6) is -1.80. The number of rotatable bonds is 3. The molecule has 5 nitrogen and oxygen atoms in total. The molecule has 1 saturated carbocycles. The Bertz CT molecular complexity index is 559. The van der Waals surface area contributed by atoms with Crippen LogP contribution in [0.15, 0.2) is 24.3 Å². The molecule has 2 fully saturated rings. The van der Waals surface area contributed by atoms with E-state index in [4.69, 9.17) is 21.4 Å². The van der Waals surface area contributed by atoms with Gasteiger partial charge < -0.3 is 14.7 Å². The Hall–Kier alpha value is -1.59. The van der Waals surface area contributed by atoms with Crippen LogP contribution in [0, 0.1) is 11.8 Å². The summed E-state index contributed by atoms with van der Waals surface area (Å²) in [6, 6.07) is 7.36. The van der Waals surface area contributed by atoms with Crippen LogP contribution in [0.4, 0.5) is 0 Å². The van der Waals surface area contributed by atoms with Gasteiger partial charge in [0, 0.05) is 11.6 Å². The molecule has 3 rings (SSSR count). The van der Waals surface area contributed by atoms with Crippen LogP contribution in [0.3, 0.4) is 0 Å². The van der Waals surface area contributed by atoms with Crippen molar-refractivity contribution in [1.29, 1.82) is 0 Å². The highest BCUT2D eigenvalue weighted by molar-refractivity contribution is 6.30. The minimum absolute atomic E-state index is 0.0651. The summed E-state index contributed by atoms with van der Waals surface area (Å²) in [4.78, 5) is 24.9. The maximum absolute atomic E-state index is 12.3. The summed E-state index contributed by atoms with van der Waals surface area (Å²) < 4.78 is 5.71. The maximum Gasteiger partial charge on any atom is 0.307 e. The molecule has 0 bridgehead atoms. The normalized spacial score (nSPS) is 28.2. The summed E-state index contributed by atoms with van der Waals surface area (Å²) in [6.07, 6.45) is 0.277. The van der Waals surface area contributed by atoms with Crippen molar-refractivity contribution in [2.75, 3.05) is 19.7 Å². The van der Waals surface area contributed by atoms with Gasteiger partial charge in [0.05, 0.1) is 25.0 Å². The second kappa shape index (κ2) is 5.66. The predicted octanol–water partition coefficient (Wildman–Crippen LogP) is 1.96. The van der Waals surface area contributed by atoms with Crippen LogP contribution in [0.2, 0.25) is 5.02 Å². The lowest BCUT2D eigenvalue weighted by molar-refractivity contribution is -0.145. The van der Waals surface area contributed by atoms with Crippen molar-refractivity contribution in [3.8, 4) is 0 Å². The van der Waals surface area contributed by atoms with E-state index in [0.29, 0.717) is 31.1 Å². The molecule has 1 aromatic carbocycles. The fourth-order valence-electron chi connectivity index (χ4n) is 2.70. The molecule has 2 aliphatic rings. The smallest absolute Gasteiger partial charge is 0.307 e. The number of benzene rings is 1. The van der Waals surface area contributed by atoms with Gasteiger partial charge in [0.25, 0.3) is 0 Å². The third-order valence-corrected chi connectivity index (χ3v) is 4.30. The van der Waals surface area contributed by atoms with E-state index in [1.165, 1.54) is 0 Å². The lowest BCUT2D eigenvalue weighted by Crippen LogP contribution is -2.43. The van der Waals surface area contributed by atoms with E-state index >= 15 is 0 Å². The van der Waals surface area contributed by atoms with Gasteiger partial charge in [0.15, 0.2) is 0 Å². The maximum atomic E-state index is 12.3. The van der Waals surface area contributed by atoms with E-state index in [1.807, 2.05) is 12.1 Å². The average molecular weight is 310 g/mol. The first-order valence-corrected chi connectivity index (χ1v) is 7.32. The molecule has 6 heteroatoms. The summed E-state index contributed by atoms with van der Waals surface area (Å²) in [6.45, 7) is 1.44. The number of carbonyl (C=O) groups excluding carboxylic acids is 1. The van der Waals surface area contributed by atoms with Crippen molar-refractivity contribution in [3.63, 3.8) is 0 Å². The van der Waals surface area contributed by atoms with Crippen molar-refractivity contribution >= 4 is 23.5 Å². The highest BCUT2D eigenvalue weighted by Gasteiger charge is 2.50. The highest BCUT2D eigenvalue weighted by atomic mass is 35.5. The second-order valence-corrected chi connectivity index (χ2v) is 5.92. The van der Waals surface area contributed by atoms with E-state index in [2.05, 4.69) is 0 Å². The molecule has 1 aliphatic heterocycles.